The second-order valence-electron chi connectivity index (χ2n) is 2.11. The van der Waals surface area contributed by atoms with Gasteiger partial charge in [0.2, 0.25) is 0 Å². The van der Waals surface area contributed by atoms with E-state index >= 15 is 0 Å². The molecule has 1 atom stereocenters. The van der Waals surface area contributed by atoms with Crippen molar-refractivity contribution < 1.29 is 0 Å². The summed E-state index contributed by atoms with van der Waals surface area (Å²) in [5.74, 6) is 0. The molecule has 2 heterocycles. The predicted octanol–water partition coefficient (Wildman–Crippen LogP) is -0.721. The van der Waals surface area contributed by atoms with E-state index in [1.54, 1.807) is 0 Å². The van der Waals surface area contributed by atoms with Gasteiger partial charge in [-0.15, -0.1) is 0 Å². The fourth-order valence-electron chi connectivity index (χ4n) is 0.835. The Morgan fingerprint density at radius 1 is 1.33 bits per heavy atom. The van der Waals surface area contributed by atoms with E-state index in [0.717, 1.165) is 0 Å². The van der Waals surface area contributed by atoms with Gasteiger partial charge in [-0.2, -0.15) is 0 Å². The summed E-state index contributed by atoms with van der Waals surface area (Å²) in [6.07, 6.45) is 1.34. The third-order valence-corrected chi connectivity index (χ3v) is 1.62. The highest BCUT2D eigenvalue weighted by atomic mass is 15.4. The fourth-order valence-corrected chi connectivity index (χ4v) is 0.835. The van der Waals surface area contributed by atoms with Crippen LogP contribution in [0.2, 0.25) is 0 Å². The molecular weight excluding hydrogens is 76.1 g/mol. The molecule has 2 nitrogen and oxygen atoms in total. The second-order valence-corrected chi connectivity index (χ2v) is 2.11. The van der Waals surface area contributed by atoms with E-state index in [2.05, 4.69) is 10.6 Å². The van der Waals surface area contributed by atoms with Gasteiger partial charge in [0.15, 0.2) is 0 Å². The molecule has 0 aromatic rings. The second kappa shape index (κ2) is 0.634. The van der Waals surface area contributed by atoms with Crippen LogP contribution < -0.4 is 10.6 Å². The van der Waals surface area contributed by atoms with E-state index in [4.69, 9.17) is 0 Å². The third kappa shape index (κ3) is 0.200. The van der Waals surface area contributed by atoms with E-state index in [1.165, 1.54) is 19.5 Å². The van der Waals surface area contributed by atoms with Gasteiger partial charge < -0.3 is 0 Å². The first kappa shape index (κ1) is 2.99. The van der Waals surface area contributed by atoms with Crippen LogP contribution in [-0.2, 0) is 0 Å². The molecule has 0 radical (unpaired) electrons. The van der Waals surface area contributed by atoms with Crippen molar-refractivity contribution in [1.29, 1.82) is 0 Å². The summed E-state index contributed by atoms with van der Waals surface area (Å²) in [5, 5.41) is 6.52. The first-order valence-corrected chi connectivity index (χ1v) is 2.41. The zero-order valence-corrected chi connectivity index (χ0v) is 3.62. The minimum atomic E-state index is 0.472. The highest BCUT2D eigenvalue weighted by Crippen LogP contribution is 2.23. The molecule has 2 aliphatic rings. The first-order valence-electron chi connectivity index (χ1n) is 2.41. The van der Waals surface area contributed by atoms with Crippen molar-refractivity contribution in [3.8, 4) is 0 Å². The van der Waals surface area contributed by atoms with E-state index in [-0.39, 0.29) is 0 Å². The first-order chi connectivity index (χ1) is 2.91. The lowest BCUT2D eigenvalue weighted by Crippen LogP contribution is -2.48. The van der Waals surface area contributed by atoms with E-state index < -0.39 is 0 Å². The maximum absolute atomic E-state index is 3.28. The molecule has 0 bridgehead atoms. The van der Waals surface area contributed by atoms with E-state index in [1.807, 2.05) is 0 Å². The van der Waals surface area contributed by atoms with Gasteiger partial charge in [-0.1, -0.05) is 0 Å². The average molecular weight is 84.1 g/mol. The summed E-state index contributed by atoms with van der Waals surface area (Å²) in [6, 6.07) is 0. The van der Waals surface area contributed by atoms with Crippen molar-refractivity contribution in [2.75, 3.05) is 13.1 Å². The molecule has 2 aliphatic heterocycles. The van der Waals surface area contributed by atoms with Gasteiger partial charge in [0.1, 0.15) is 0 Å². The highest BCUT2D eigenvalue weighted by molar-refractivity contribution is 5.07. The summed E-state index contributed by atoms with van der Waals surface area (Å²) in [7, 11) is 0. The van der Waals surface area contributed by atoms with Gasteiger partial charge in [0, 0.05) is 6.54 Å². The number of nitrogens with one attached hydrogen (secondary N) is 2. The van der Waals surface area contributed by atoms with Crippen molar-refractivity contribution in [2.45, 2.75) is 12.1 Å². The zero-order chi connectivity index (χ0) is 4.04. The molecule has 2 rings (SSSR count). The van der Waals surface area contributed by atoms with E-state index in [0.29, 0.717) is 5.66 Å². The molecule has 1 unspecified atom stereocenters. The molecule has 34 valence electrons. The summed E-state index contributed by atoms with van der Waals surface area (Å²) < 4.78 is 0. The molecule has 0 amide bonds. The molecule has 0 aliphatic carbocycles. The Labute approximate surface area is 36.9 Å². The molecule has 2 N–H and O–H groups in total. The van der Waals surface area contributed by atoms with Gasteiger partial charge >= 0.3 is 0 Å². The molecule has 0 aromatic heterocycles. The monoisotopic (exact) mass is 84.1 g/mol. The lowest BCUT2D eigenvalue weighted by atomic mass is 10.1. The standard InChI is InChI=1S/C4H8N2/c1-2-5-4(1)3-6-4/h5-6H,1-3H2. The minimum absolute atomic E-state index is 0.472. The minimum Gasteiger partial charge on any atom is -0.298 e. The maximum Gasteiger partial charge on any atom is 0.0829 e. The van der Waals surface area contributed by atoms with Crippen LogP contribution in [0.5, 0.6) is 0 Å². The van der Waals surface area contributed by atoms with Crippen molar-refractivity contribution in [3.63, 3.8) is 0 Å². The third-order valence-electron chi connectivity index (χ3n) is 1.62. The lowest BCUT2D eigenvalue weighted by molar-refractivity contribution is 0.343. The topological polar surface area (TPSA) is 34.0 Å². The predicted molar refractivity (Wildman–Crippen MR) is 23.4 cm³/mol. The molecule has 2 heteroatoms. The quantitative estimate of drug-likeness (QED) is 0.380. The van der Waals surface area contributed by atoms with Crippen molar-refractivity contribution in [3.05, 3.63) is 0 Å². The average Bonchev–Trinajstić information content (AvgIpc) is 2.02. The van der Waals surface area contributed by atoms with Crippen molar-refractivity contribution in [1.82, 2.24) is 10.6 Å². The molecule has 0 saturated carbocycles. The Morgan fingerprint density at radius 2 is 2.00 bits per heavy atom. The van der Waals surface area contributed by atoms with Crippen LogP contribution in [0.4, 0.5) is 0 Å². The van der Waals surface area contributed by atoms with Crippen LogP contribution in [0.15, 0.2) is 0 Å². The van der Waals surface area contributed by atoms with Crippen LogP contribution in [0, 0.1) is 0 Å². The zero-order valence-electron chi connectivity index (χ0n) is 3.62. The van der Waals surface area contributed by atoms with Gasteiger partial charge in [-0.25, -0.2) is 0 Å². The molecule has 2 fully saturated rings. The Kier molecular flexibility index (Phi) is 0.316. The van der Waals surface area contributed by atoms with Gasteiger partial charge in [0.25, 0.3) is 0 Å². The Balaban J connectivity index is 2.09. The molecule has 0 aromatic carbocycles. The van der Waals surface area contributed by atoms with Crippen LogP contribution in [-0.4, -0.2) is 18.8 Å². The van der Waals surface area contributed by atoms with Gasteiger partial charge in [-0.3, -0.25) is 10.6 Å². The van der Waals surface area contributed by atoms with Gasteiger partial charge in [-0.05, 0) is 13.0 Å². The van der Waals surface area contributed by atoms with Crippen molar-refractivity contribution in [2.24, 2.45) is 0 Å². The smallest absolute Gasteiger partial charge is 0.0829 e. The summed E-state index contributed by atoms with van der Waals surface area (Å²) in [4.78, 5) is 0. The lowest BCUT2D eigenvalue weighted by Gasteiger charge is -2.24. The van der Waals surface area contributed by atoms with Crippen LogP contribution >= 0.6 is 0 Å². The Hall–Kier alpha value is -0.0800. The summed E-state index contributed by atoms with van der Waals surface area (Å²) >= 11 is 0. The number of hydrogen-bond acceptors (Lipinski definition) is 2. The molecule has 1 spiro atoms. The molecule has 6 heavy (non-hydrogen) atoms. The summed E-state index contributed by atoms with van der Waals surface area (Å²) in [6.45, 7) is 2.42. The fraction of sp³-hybridized carbons (Fsp3) is 1.00. The SMILES string of the molecule is C1CC2(CN2)N1. The Bertz CT molecular complexity index is 69.6. The van der Waals surface area contributed by atoms with Crippen LogP contribution in [0.25, 0.3) is 0 Å². The number of hydrogen-bond donors (Lipinski definition) is 2. The largest absolute Gasteiger partial charge is 0.298 e. The maximum atomic E-state index is 3.28. The number of rotatable bonds is 0. The summed E-state index contributed by atoms with van der Waals surface area (Å²) in [5.41, 5.74) is 0.472. The normalized spacial score (nSPS) is 52.0. The van der Waals surface area contributed by atoms with Crippen molar-refractivity contribution >= 4 is 0 Å². The van der Waals surface area contributed by atoms with Crippen LogP contribution in [0.1, 0.15) is 6.42 Å². The van der Waals surface area contributed by atoms with Gasteiger partial charge in [0.05, 0.1) is 5.66 Å². The van der Waals surface area contributed by atoms with Crippen LogP contribution in [0.3, 0.4) is 0 Å². The van der Waals surface area contributed by atoms with E-state index in [9.17, 15) is 0 Å². The molecular formula is C4H8N2. The highest BCUT2D eigenvalue weighted by Gasteiger charge is 2.46. The molecule has 2 saturated heterocycles. The Morgan fingerprint density at radius 3 is 2.00 bits per heavy atom.